The summed E-state index contributed by atoms with van der Waals surface area (Å²) in [5.41, 5.74) is 0.389. The normalized spacial score (nSPS) is 25.2. The first-order chi connectivity index (χ1) is 11.0. The minimum atomic E-state index is -1.32. The molecule has 0 saturated heterocycles. The summed E-state index contributed by atoms with van der Waals surface area (Å²) in [6.45, 7) is 1.80. The Morgan fingerprint density at radius 3 is 2.78 bits per heavy atom. The van der Waals surface area contributed by atoms with Crippen molar-refractivity contribution in [1.82, 2.24) is 14.5 Å². The number of fused-ring (bicyclic) bond motifs is 3. The van der Waals surface area contributed by atoms with Crippen molar-refractivity contribution in [2.75, 3.05) is 12.8 Å². The second-order valence-electron chi connectivity index (χ2n) is 6.02. The van der Waals surface area contributed by atoms with E-state index in [2.05, 4.69) is 10.3 Å². The second kappa shape index (κ2) is 6.07. The number of hydrogen-bond acceptors (Lipinski definition) is 5. The lowest BCUT2D eigenvalue weighted by atomic mass is 9.91. The van der Waals surface area contributed by atoms with Crippen LogP contribution in [0.1, 0.15) is 38.6 Å². The topological polar surface area (TPSA) is 92.2 Å². The highest BCUT2D eigenvalue weighted by Gasteiger charge is 2.33. The molecule has 1 aromatic heterocycles. The van der Waals surface area contributed by atoms with Crippen molar-refractivity contribution in [3.8, 4) is 0 Å². The fraction of sp³-hybridized carbons (Fsp3) is 0.667. The molecule has 0 aromatic carbocycles. The summed E-state index contributed by atoms with van der Waals surface area (Å²) >= 11 is 0. The van der Waals surface area contributed by atoms with Gasteiger partial charge >= 0.3 is 0 Å². The third kappa shape index (κ3) is 2.39. The Morgan fingerprint density at radius 2 is 2.13 bits per heavy atom. The lowest BCUT2D eigenvalue weighted by Crippen LogP contribution is -2.59. The molecule has 1 aliphatic heterocycles. The van der Waals surface area contributed by atoms with E-state index in [4.69, 9.17) is 5.41 Å². The highest BCUT2D eigenvalue weighted by Crippen LogP contribution is 2.30. The maximum absolute atomic E-state index is 12.7. The van der Waals surface area contributed by atoms with Crippen LogP contribution in [-0.2, 0) is 17.8 Å². The van der Waals surface area contributed by atoms with Crippen LogP contribution in [0.5, 0.6) is 0 Å². The van der Waals surface area contributed by atoms with Crippen LogP contribution < -0.4 is 27.2 Å². The summed E-state index contributed by atoms with van der Waals surface area (Å²) < 4.78 is 15.7. The smallest absolute Gasteiger partial charge is 0.266 e. The lowest BCUT2D eigenvalue weighted by molar-refractivity contribution is 0.321. The third-order valence-corrected chi connectivity index (χ3v) is 6.15. The van der Waals surface area contributed by atoms with Gasteiger partial charge in [0.2, 0.25) is 5.62 Å². The summed E-state index contributed by atoms with van der Waals surface area (Å²) in [6.07, 6.45) is 4.23. The third-order valence-electron chi connectivity index (χ3n) is 4.76. The first-order valence-electron chi connectivity index (χ1n) is 8.05. The molecule has 0 amide bonds. The maximum atomic E-state index is 12.7. The average molecular weight is 337 g/mol. The van der Waals surface area contributed by atoms with Crippen LogP contribution in [0.3, 0.4) is 0 Å². The van der Waals surface area contributed by atoms with Crippen molar-refractivity contribution in [1.29, 1.82) is 5.41 Å². The summed E-state index contributed by atoms with van der Waals surface area (Å²) in [4.78, 5) is 17.4. The Balaban J connectivity index is 2.42. The molecule has 3 rings (SSSR count). The van der Waals surface area contributed by atoms with Crippen molar-refractivity contribution in [2.24, 2.45) is 12.0 Å². The van der Waals surface area contributed by atoms with Crippen LogP contribution in [0.15, 0.2) is 9.79 Å². The van der Waals surface area contributed by atoms with Gasteiger partial charge in [-0.15, -0.1) is 0 Å². The number of aromatic nitrogens is 2. The number of hydrogen-bond donors (Lipinski definition) is 2. The molecule has 23 heavy (non-hydrogen) atoms. The van der Waals surface area contributed by atoms with Gasteiger partial charge in [-0.05, 0) is 12.8 Å². The molecule has 8 heteroatoms. The van der Waals surface area contributed by atoms with E-state index in [9.17, 15) is 9.00 Å². The Labute approximate surface area is 136 Å². The Hall–Kier alpha value is -1.70. The van der Waals surface area contributed by atoms with Crippen LogP contribution in [-0.4, -0.2) is 32.2 Å². The fourth-order valence-corrected chi connectivity index (χ4v) is 4.53. The SMILES string of the molecule is CCS(=O)C(NC)=c1c(=O)n(C)c2n(c1=N)C1CCCCC1N=2. The molecule has 1 aliphatic carbocycles. The molecule has 0 spiro atoms. The Bertz CT molecular complexity index is 898. The first-order valence-corrected chi connectivity index (χ1v) is 9.37. The molecule has 0 bridgehead atoms. The van der Waals surface area contributed by atoms with E-state index in [0.717, 1.165) is 25.7 Å². The fourth-order valence-electron chi connectivity index (χ4n) is 3.60. The largest absolute Gasteiger partial charge is 0.380 e. The summed E-state index contributed by atoms with van der Waals surface area (Å²) in [5, 5.41) is 12.0. The molecule has 1 aromatic rings. The average Bonchev–Trinajstić information content (AvgIpc) is 2.95. The van der Waals surface area contributed by atoms with Gasteiger partial charge in [0.15, 0.2) is 0 Å². The van der Waals surface area contributed by atoms with Gasteiger partial charge in [-0.25, -0.2) is 4.99 Å². The minimum absolute atomic E-state index is 0.132. The van der Waals surface area contributed by atoms with Gasteiger partial charge in [-0.1, -0.05) is 19.8 Å². The zero-order chi connectivity index (χ0) is 16.7. The molecule has 7 nitrogen and oxygen atoms in total. The van der Waals surface area contributed by atoms with E-state index in [0.29, 0.717) is 16.4 Å². The Kier molecular flexibility index (Phi) is 4.27. The van der Waals surface area contributed by atoms with Crippen LogP contribution in [0.25, 0.3) is 5.03 Å². The lowest BCUT2D eigenvalue weighted by Gasteiger charge is -2.25. The van der Waals surface area contributed by atoms with Gasteiger partial charge in [0.25, 0.3) is 5.56 Å². The van der Waals surface area contributed by atoms with Gasteiger partial charge in [0.05, 0.1) is 22.9 Å². The van der Waals surface area contributed by atoms with Gasteiger partial charge in [-0.3, -0.25) is 23.5 Å². The molecular weight excluding hydrogens is 314 g/mol. The van der Waals surface area contributed by atoms with Crippen molar-refractivity contribution in [3.63, 3.8) is 0 Å². The molecule has 1 saturated carbocycles. The standard InChI is InChI=1S/C15H23N5O2S/c1-4-23(22)13(17-2)11-12(16)20-10-8-6-5-7-9(10)18-15(20)19(3)14(11)21/h9-10,16-17H,4-8H2,1-3H3. The predicted molar refractivity (Wildman–Crippen MR) is 88.8 cm³/mol. The van der Waals surface area contributed by atoms with E-state index < -0.39 is 10.8 Å². The van der Waals surface area contributed by atoms with Crippen LogP contribution in [0.4, 0.5) is 0 Å². The van der Waals surface area contributed by atoms with Gasteiger partial charge in [0.1, 0.15) is 15.7 Å². The van der Waals surface area contributed by atoms with E-state index in [1.807, 2.05) is 4.57 Å². The molecule has 3 atom stereocenters. The zero-order valence-electron chi connectivity index (χ0n) is 13.8. The molecule has 2 N–H and O–H groups in total. The van der Waals surface area contributed by atoms with Crippen molar-refractivity contribution in [2.45, 2.75) is 44.7 Å². The van der Waals surface area contributed by atoms with E-state index in [1.165, 1.54) is 4.57 Å². The zero-order valence-corrected chi connectivity index (χ0v) is 14.6. The summed E-state index contributed by atoms with van der Waals surface area (Å²) in [5.74, 6) is 0.400. The highest BCUT2D eigenvalue weighted by atomic mass is 32.2. The van der Waals surface area contributed by atoms with Crippen molar-refractivity contribution in [3.05, 3.63) is 26.7 Å². The quantitative estimate of drug-likeness (QED) is 0.728. The van der Waals surface area contributed by atoms with Gasteiger partial charge in [-0.2, -0.15) is 0 Å². The molecule has 0 radical (unpaired) electrons. The second-order valence-corrected chi connectivity index (χ2v) is 7.70. The highest BCUT2D eigenvalue weighted by molar-refractivity contribution is 7.94. The molecule has 1 fully saturated rings. The molecule has 2 aliphatic rings. The molecule has 2 heterocycles. The number of nitrogens with zero attached hydrogens (tertiary/aromatic N) is 3. The van der Waals surface area contributed by atoms with Crippen LogP contribution in [0, 0.1) is 5.41 Å². The Morgan fingerprint density at radius 1 is 1.43 bits per heavy atom. The molecule has 126 valence electrons. The minimum Gasteiger partial charge on any atom is -0.380 e. The van der Waals surface area contributed by atoms with E-state index >= 15 is 0 Å². The van der Waals surface area contributed by atoms with Crippen LogP contribution in [0.2, 0.25) is 0 Å². The van der Waals surface area contributed by atoms with Crippen LogP contribution >= 0.6 is 0 Å². The molecule has 3 unspecified atom stereocenters. The van der Waals surface area contributed by atoms with Crippen molar-refractivity contribution >= 4 is 15.8 Å². The van der Waals surface area contributed by atoms with E-state index in [-0.39, 0.29) is 28.3 Å². The maximum Gasteiger partial charge on any atom is 0.266 e. The molecular formula is C15H23N5O2S. The first kappa shape index (κ1) is 16.2. The van der Waals surface area contributed by atoms with E-state index in [1.54, 1.807) is 21.0 Å². The summed E-state index contributed by atoms with van der Waals surface area (Å²) in [6, 6.07) is 0.299. The van der Waals surface area contributed by atoms with Gasteiger partial charge < -0.3 is 5.32 Å². The monoisotopic (exact) mass is 337 g/mol. The number of rotatable bonds is 3. The predicted octanol–water partition coefficient (Wildman–Crippen LogP) is -1.16. The number of nitrogens with one attached hydrogen (secondary N) is 2. The van der Waals surface area contributed by atoms with Crippen molar-refractivity contribution < 1.29 is 4.21 Å². The van der Waals surface area contributed by atoms with Gasteiger partial charge in [0, 0.05) is 19.8 Å². The summed E-state index contributed by atoms with van der Waals surface area (Å²) in [7, 11) is 2.00.